The number of aryl methyl sites for hydroxylation is 1. The van der Waals surface area contributed by atoms with Crippen molar-refractivity contribution in [3.05, 3.63) is 33.7 Å². The van der Waals surface area contributed by atoms with E-state index in [9.17, 15) is 9.59 Å². The minimum absolute atomic E-state index is 0.0562. The average Bonchev–Trinajstić information content (AvgIpc) is 2.99. The van der Waals surface area contributed by atoms with Crippen LogP contribution in [0.25, 0.3) is 0 Å². The van der Waals surface area contributed by atoms with E-state index in [2.05, 4.69) is 4.98 Å². The maximum atomic E-state index is 12.5. The van der Waals surface area contributed by atoms with Gasteiger partial charge in [-0.2, -0.15) is 0 Å². The van der Waals surface area contributed by atoms with Crippen molar-refractivity contribution >= 4 is 5.91 Å². The third-order valence-electron chi connectivity index (χ3n) is 5.15. The number of aromatic nitrogens is 1. The maximum Gasteiger partial charge on any atom is 0.222 e. The molecule has 120 valence electrons. The topological polar surface area (TPSA) is 53.2 Å². The first-order chi connectivity index (χ1) is 10.6. The monoisotopic (exact) mass is 302 g/mol. The fraction of sp³-hybridized carbons (Fsp3) is 0.667. The molecular weight excluding hydrogens is 276 g/mol. The van der Waals surface area contributed by atoms with Crippen molar-refractivity contribution in [1.29, 1.82) is 0 Å². The summed E-state index contributed by atoms with van der Waals surface area (Å²) in [5.41, 5.74) is 1.95. The molecule has 2 aliphatic rings. The number of amides is 1. The molecule has 2 heterocycles. The number of carbonyl (C=O) groups is 1. The SMILES string of the molecule is Cc1cc(=O)cc(C2CCCN(C(=O)CC3CCCC3)C2)[nH]1. The molecule has 4 heteroatoms. The number of carbonyl (C=O) groups excluding carboxylic acids is 1. The predicted octanol–water partition coefficient (Wildman–Crippen LogP) is 2.97. The molecule has 1 saturated heterocycles. The highest BCUT2D eigenvalue weighted by Gasteiger charge is 2.27. The number of pyridine rings is 1. The Morgan fingerprint density at radius 3 is 2.73 bits per heavy atom. The van der Waals surface area contributed by atoms with Crippen molar-refractivity contribution in [1.82, 2.24) is 9.88 Å². The lowest BCUT2D eigenvalue weighted by molar-refractivity contribution is -0.133. The summed E-state index contributed by atoms with van der Waals surface area (Å²) in [6.45, 7) is 3.54. The van der Waals surface area contributed by atoms with Gasteiger partial charge in [0.25, 0.3) is 0 Å². The largest absolute Gasteiger partial charge is 0.362 e. The van der Waals surface area contributed by atoms with Crippen LogP contribution >= 0.6 is 0 Å². The minimum Gasteiger partial charge on any atom is -0.362 e. The zero-order valence-electron chi connectivity index (χ0n) is 13.4. The molecule has 0 aromatic carbocycles. The summed E-state index contributed by atoms with van der Waals surface area (Å²) in [7, 11) is 0. The third kappa shape index (κ3) is 3.60. The molecule has 1 saturated carbocycles. The Morgan fingerprint density at radius 1 is 1.23 bits per heavy atom. The summed E-state index contributed by atoms with van der Waals surface area (Å²) in [5.74, 6) is 1.19. The van der Waals surface area contributed by atoms with Crippen molar-refractivity contribution in [2.24, 2.45) is 5.92 Å². The van der Waals surface area contributed by atoms with Gasteiger partial charge in [0.05, 0.1) is 0 Å². The van der Waals surface area contributed by atoms with Crippen LogP contribution < -0.4 is 5.43 Å². The normalized spacial score (nSPS) is 23.0. The molecule has 1 aromatic rings. The zero-order valence-corrected chi connectivity index (χ0v) is 13.4. The van der Waals surface area contributed by atoms with Crippen molar-refractivity contribution < 1.29 is 4.79 Å². The number of nitrogens with one attached hydrogen (secondary N) is 1. The van der Waals surface area contributed by atoms with Crippen molar-refractivity contribution in [2.45, 2.75) is 57.8 Å². The molecule has 1 N–H and O–H groups in total. The van der Waals surface area contributed by atoms with Crippen molar-refractivity contribution in [3.8, 4) is 0 Å². The summed E-state index contributed by atoms with van der Waals surface area (Å²) in [4.78, 5) is 29.6. The molecule has 22 heavy (non-hydrogen) atoms. The van der Waals surface area contributed by atoms with E-state index in [1.54, 1.807) is 12.1 Å². The molecule has 0 spiro atoms. The second kappa shape index (κ2) is 6.67. The molecule has 1 atom stereocenters. The number of likely N-dealkylation sites (tertiary alicyclic amines) is 1. The van der Waals surface area contributed by atoms with Gasteiger partial charge in [-0.3, -0.25) is 9.59 Å². The first kappa shape index (κ1) is 15.3. The summed E-state index contributed by atoms with van der Waals surface area (Å²) in [6.07, 6.45) is 7.79. The van der Waals surface area contributed by atoms with Crippen LogP contribution in [0.5, 0.6) is 0 Å². The molecule has 3 rings (SSSR count). The molecule has 0 bridgehead atoms. The average molecular weight is 302 g/mol. The van der Waals surface area contributed by atoms with Gasteiger partial charge < -0.3 is 9.88 Å². The number of aromatic amines is 1. The summed E-state index contributed by atoms with van der Waals surface area (Å²) in [5, 5.41) is 0. The van der Waals surface area contributed by atoms with E-state index < -0.39 is 0 Å². The second-order valence-electron chi connectivity index (χ2n) is 6.99. The molecule has 1 aliphatic carbocycles. The number of piperidine rings is 1. The molecule has 1 aliphatic heterocycles. The van der Waals surface area contributed by atoms with E-state index in [1.165, 1.54) is 25.7 Å². The lowest BCUT2D eigenvalue weighted by Gasteiger charge is -2.33. The Kier molecular flexibility index (Phi) is 4.65. The van der Waals surface area contributed by atoms with Gasteiger partial charge in [0.15, 0.2) is 5.43 Å². The highest BCUT2D eigenvalue weighted by Crippen LogP contribution is 2.30. The molecule has 4 nitrogen and oxygen atoms in total. The van der Waals surface area contributed by atoms with Gasteiger partial charge in [-0.1, -0.05) is 12.8 Å². The fourth-order valence-electron chi connectivity index (χ4n) is 3.98. The maximum absolute atomic E-state index is 12.5. The Balaban J connectivity index is 1.65. The van der Waals surface area contributed by atoms with Gasteiger partial charge in [0.2, 0.25) is 5.91 Å². The van der Waals surface area contributed by atoms with E-state index in [0.717, 1.165) is 43.7 Å². The first-order valence-electron chi connectivity index (χ1n) is 8.60. The molecule has 1 amide bonds. The van der Waals surface area contributed by atoms with E-state index in [1.807, 2.05) is 11.8 Å². The number of H-pyrrole nitrogens is 1. The van der Waals surface area contributed by atoms with Crippen LogP contribution in [0.4, 0.5) is 0 Å². The Bertz CT molecular complexity index is 587. The zero-order chi connectivity index (χ0) is 15.5. The van der Waals surface area contributed by atoms with Crippen LogP contribution in [-0.2, 0) is 4.79 Å². The van der Waals surface area contributed by atoms with Gasteiger partial charge in [0, 0.05) is 48.9 Å². The summed E-state index contributed by atoms with van der Waals surface area (Å²) in [6, 6.07) is 3.32. The third-order valence-corrected chi connectivity index (χ3v) is 5.15. The van der Waals surface area contributed by atoms with E-state index in [-0.39, 0.29) is 11.3 Å². The van der Waals surface area contributed by atoms with Crippen molar-refractivity contribution in [3.63, 3.8) is 0 Å². The Hall–Kier alpha value is -1.58. The number of hydrogen-bond donors (Lipinski definition) is 1. The minimum atomic E-state index is 0.0562. The number of nitrogens with zero attached hydrogens (tertiary/aromatic N) is 1. The second-order valence-corrected chi connectivity index (χ2v) is 6.99. The quantitative estimate of drug-likeness (QED) is 0.933. The van der Waals surface area contributed by atoms with Gasteiger partial charge in [-0.05, 0) is 38.5 Å². The van der Waals surface area contributed by atoms with Crippen LogP contribution in [0, 0.1) is 12.8 Å². The summed E-state index contributed by atoms with van der Waals surface area (Å²) < 4.78 is 0. The van der Waals surface area contributed by atoms with Crippen LogP contribution in [0.3, 0.4) is 0 Å². The fourth-order valence-corrected chi connectivity index (χ4v) is 3.98. The molecule has 1 aromatic heterocycles. The predicted molar refractivity (Wildman–Crippen MR) is 86.9 cm³/mol. The lowest BCUT2D eigenvalue weighted by Crippen LogP contribution is -2.40. The van der Waals surface area contributed by atoms with Crippen LogP contribution in [-0.4, -0.2) is 28.9 Å². The Morgan fingerprint density at radius 2 is 2.00 bits per heavy atom. The van der Waals surface area contributed by atoms with Gasteiger partial charge in [-0.25, -0.2) is 0 Å². The Labute approximate surface area is 131 Å². The lowest BCUT2D eigenvalue weighted by atomic mass is 9.93. The highest BCUT2D eigenvalue weighted by atomic mass is 16.2. The highest BCUT2D eigenvalue weighted by molar-refractivity contribution is 5.76. The van der Waals surface area contributed by atoms with Crippen molar-refractivity contribution in [2.75, 3.05) is 13.1 Å². The summed E-state index contributed by atoms with van der Waals surface area (Å²) >= 11 is 0. The van der Waals surface area contributed by atoms with E-state index in [4.69, 9.17) is 0 Å². The molecule has 1 unspecified atom stereocenters. The van der Waals surface area contributed by atoms with Crippen LogP contribution in [0.1, 0.15) is 62.3 Å². The van der Waals surface area contributed by atoms with E-state index in [0.29, 0.717) is 11.8 Å². The molecule has 2 fully saturated rings. The van der Waals surface area contributed by atoms with Gasteiger partial charge in [-0.15, -0.1) is 0 Å². The van der Waals surface area contributed by atoms with Crippen LogP contribution in [0.2, 0.25) is 0 Å². The molecule has 0 radical (unpaired) electrons. The van der Waals surface area contributed by atoms with E-state index >= 15 is 0 Å². The number of hydrogen-bond acceptors (Lipinski definition) is 2. The smallest absolute Gasteiger partial charge is 0.222 e. The first-order valence-corrected chi connectivity index (χ1v) is 8.60. The van der Waals surface area contributed by atoms with Gasteiger partial charge in [0.1, 0.15) is 0 Å². The van der Waals surface area contributed by atoms with Gasteiger partial charge >= 0.3 is 0 Å². The number of rotatable bonds is 3. The molecular formula is C18H26N2O2. The standard InChI is InChI=1S/C18H26N2O2/c1-13-9-16(21)11-17(19-13)15-7-4-8-20(12-15)18(22)10-14-5-2-3-6-14/h9,11,14-15H,2-8,10,12H2,1H3,(H,19,21). The van der Waals surface area contributed by atoms with Crippen LogP contribution in [0.15, 0.2) is 16.9 Å².